The number of nitrogens with zero attached hydrogens (tertiary/aromatic N) is 2. The summed E-state index contributed by atoms with van der Waals surface area (Å²) in [4.78, 5) is 15.7. The molecule has 1 N–H and O–H groups in total. The molecule has 4 nitrogen and oxygen atoms in total. The quantitative estimate of drug-likeness (QED) is 0.869. The van der Waals surface area contributed by atoms with E-state index in [1.165, 1.54) is 12.1 Å². The predicted octanol–water partition coefficient (Wildman–Crippen LogP) is 1.85. The fourth-order valence-electron chi connectivity index (χ4n) is 2.87. The zero-order chi connectivity index (χ0) is 15.2. The summed E-state index contributed by atoms with van der Waals surface area (Å²) < 4.78 is 13.0. The molecule has 0 spiro atoms. The Morgan fingerprint density at radius 1 is 1.24 bits per heavy atom. The molecule has 0 saturated carbocycles. The average molecular weight is 294 g/mol. The number of carboxylic acid groups (broad SMARTS) is 1. The summed E-state index contributed by atoms with van der Waals surface area (Å²) >= 11 is 0. The van der Waals surface area contributed by atoms with Gasteiger partial charge >= 0.3 is 5.97 Å². The van der Waals surface area contributed by atoms with Crippen molar-refractivity contribution in [1.82, 2.24) is 9.80 Å². The minimum atomic E-state index is -0.778. The number of piperazine rings is 1. The van der Waals surface area contributed by atoms with Crippen molar-refractivity contribution in [1.29, 1.82) is 0 Å². The van der Waals surface area contributed by atoms with E-state index in [0.717, 1.165) is 38.3 Å². The Balaban J connectivity index is 2.00. The largest absolute Gasteiger partial charge is 0.481 e. The lowest BCUT2D eigenvalue weighted by atomic mass is 10.0. The maximum absolute atomic E-state index is 13.0. The summed E-state index contributed by atoms with van der Waals surface area (Å²) in [5.74, 6) is -1.04. The van der Waals surface area contributed by atoms with Gasteiger partial charge in [0.15, 0.2) is 0 Å². The number of hydrogen-bond donors (Lipinski definition) is 1. The number of rotatable bonds is 6. The molecule has 1 fully saturated rings. The van der Waals surface area contributed by atoms with Crippen molar-refractivity contribution in [3.05, 3.63) is 35.6 Å². The summed E-state index contributed by atoms with van der Waals surface area (Å²) in [6, 6.07) is 6.33. The summed E-state index contributed by atoms with van der Waals surface area (Å²) in [6.07, 6.45) is 0.780. The zero-order valence-corrected chi connectivity index (χ0v) is 12.5. The van der Waals surface area contributed by atoms with Gasteiger partial charge in [0, 0.05) is 32.2 Å². The van der Waals surface area contributed by atoms with E-state index >= 15 is 0 Å². The third kappa shape index (κ3) is 4.79. The maximum atomic E-state index is 13.0. The highest BCUT2D eigenvalue weighted by molar-refractivity contribution is 5.67. The van der Waals surface area contributed by atoms with E-state index in [1.54, 1.807) is 12.1 Å². The molecule has 2 rings (SSSR count). The van der Waals surface area contributed by atoms with Crippen LogP contribution in [0.2, 0.25) is 0 Å². The average Bonchev–Trinajstić information content (AvgIpc) is 2.48. The van der Waals surface area contributed by atoms with Crippen molar-refractivity contribution in [2.75, 3.05) is 32.7 Å². The molecule has 5 heteroatoms. The van der Waals surface area contributed by atoms with Gasteiger partial charge in [0.25, 0.3) is 0 Å². The van der Waals surface area contributed by atoms with Crippen LogP contribution in [0.15, 0.2) is 24.3 Å². The number of hydrogen-bond acceptors (Lipinski definition) is 3. The van der Waals surface area contributed by atoms with Gasteiger partial charge in [-0.05, 0) is 30.7 Å². The van der Waals surface area contributed by atoms with E-state index in [4.69, 9.17) is 5.11 Å². The van der Waals surface area contributed by atoms with Crippen molar-refractivity contribution in [2.24, 2.45) is 0 Å². The lowest BCUT2D eigenvalue weighted by Crippen LogP contribution is -2.51. The third-order valence-corrected chi connectivity index (χ3v) is 4.17. The van der Waals surface area contributed by atoms with E-state index < -0.39 is 5.97 Å². The van der Waals surface area contributed by atoms with Crippen LogP contribution in [0.5, 0.6) is 0 Å². The molecule has 0 amide bonds. The Morgan fingerprint density at radius 3 is 2.38 bits per heavy atom. The van der Waals surface area contributed by atoms with Gasteiger partial charge in [-0.15, -0.1) is 0 Å². The first-order chi connectivity index (χ1) is 10.1. The van der Waals surface area contributed by atoms with Gasteiger partial charge in [0.2, 0.25) is 0 Å². The summed E-state index contributed by atoms with van der Waals surface area (Å²) in [5, 5.41) is 9.14. The molecule has 0 aromatic heterocycles. The highest BCUT2D eigenvalue weighted by atomic mass is 19.1. The molecular weight excluding hydrogens is 271 g/mol. The fraction of sp³-hybridized carbons (Fsp3) is 0.562. The number of carboxylic acids is 1. The van der Waals surface area contributed by atoms with E-state index in [-0.39, 0.29) is 18.3 Å². The van der Waals surface area contributed by atoms with Crippen molar-refractivity contribution in [2.45, 2.75) is 25.8 Å². The van der Waals surface area contributed by atoms with E-state index in [9.17, 15) is 9.18 Å². The van der Waals surface area contributed by atoms with Gasteiger partial charge in [-0.1, -0.05) is 19.1 Å². The second kappa shape index (κ2) is 7.52. The normalized spacial score (nSPS) is 18.6. The summed E-state index contributed by atoms with van der Waals surface area (Å²) in [6.45, 7) is 6.93. The molecule has 0 bridgehead atoms. The highest BCUT2D eigenvalue weighted by Crippen LogP contribution is 2.15. The molecule has 1 aromatic carbocycles. The molecule has 0 aliphatic carbocycles. The smallest absolute Gasteiger partial charge is 0.304 e. The fourth-order valence-corrected chi connectivity index (χ4v) is 2.87. The van der Waals surface area contributed by atoms with Gasteiger partial charge in [-0.3, -0.25) is 9.69 Å². The monoisotopic (exact) mass is 294 g/mol. The Hall–Kier alpha value is -1.46. The number of aliphatic carboxylic acids is 1. The van der Waals surface area contributed by atoms with Crippen LogP contribution in [0, 0.1) is 5.82 Å². The molecule has 1 unspecified atom stereocenters. The minimum absolute atomic E-state index is 0.0213. The SMILES string of the molecule is CCN1CCN(C(CC(=O)O)Cc2ccc(F)cc2)CC1. The molecule has 1 atom stereocenters. The van der Waals surface area contributed by atoms with Crippen molar-refractivity contribution in [3.8, 4) is 0 Å². The van der Waals surface area contributed by atoms with Gasteiger partial charge in [-0.25, -0.2) is 4.39 Å². The van der Waals surface area contributed by atoms with Crippen molar-refractivity contribution < 1.29 is 14.3 Å². The molecule has 1 saturated heterocycles. The topological polar surface area (TPSA) is 43.8 Å². The molecule has 1 aliphatic heterocycles. The van der Waals surface area contributed by atoms with Crippen LogP contribution >= 0.6 is 0 Å². The molecule has 1 aromatic rings. The summed E-state index contributed by atoms with van der Waals surface area (Å²) in [7, 11) is 0. The van der Waals surface area contributed by atoms with Crippen LogP contribution in [0.3, 0.4) is 0 Å². The molecule has 0 radical (unpaired) electrons. The van der Waals surface area contributed by atoms with Crippen LogP contribution in [0.4, 0.5) is 4.39 Å². The second-order valence-corrected chi connectivity index (χ2v) is 5.55. The molecule has 116 valence electrons. The third-order valence-electron chi connectivity index (χ3n) is 4.17. The standard InChI is InChI=1S/C16H23FN2O2/c1-2-18-7-9-19(10-8-18)15(12-16(20)21)11-13-3-5-14(17)6-4-13/h3-6,15H,2,7-12H2,1H3,(H,20,21). The lowest BCUT2D eigenvalue weighted by molar-refractivity contribution is -0.138. The maximum Gasteiger partial charge on any atom is 0.304 e. The minimum Gasteiger partial charge on any atom is -0.481 e. The highest BCUT2D eigenvalue weighted by Gasteiger charge is 2.25. The first kappa shape index (κ1) is 15.9. The second-order valence-electron chi connectivity index (χ2n) is 5.55. The van der Waals surface area contributed by atoms with E-state index in [0.29, 0.717) is 6.42 Å². The number of likely N-dealkylation sites (N-methyl/N-ethyl adjacent to an activating group) is 1. The molecule has 1 aliphatic rings. The van der Waals surface area contributed by atoms with Crippen molar-refractivity contribution in [3.63, 3.8) is 0 Å². The van der Waals surface area contributed by atoms with Crippen LogP contribution < -0.4 is 0 Å². The summed E-state index contributed by atoms with van der Waals surface area (Å²) in [5.41, 5.74) is 0.987. The van der Waals surface area contributed by atoms with Crippen LogP contribution in [-0.4, -0.2) is 59.6 Å². The lowest BCUT2D eigenvalue weighted by Gasteiger charge is -2.38. The number of halogens is 1. The molecule has 21 heavy (non-hydrogen) atoms. The van der Waals surface area contributed by atoms with Crippen molar-refractivity contribution >= 4 is 5.97 Å². The first-order valence-electron chi connectivity index (χ1n) is 7.51. The van der Waals surface area contributed by atoms with Crippen LogP contribution in [-0.2, 0) is 11.2 Å². The van der Waals surface area contributed by atoms with Gasteiger partial charge < -0.3 is 10.0 Å². The number of carbonyl (C=O) groups is 1. The van der Waals surface area contributed by atoms with E-state index in [2.05, 4.69) is 16.7 Å². The Bertz CT molecular complexity index is 456. The van der Waals surface area contributed by atoms with E-state index in [1.807, 2.05) is 0 Å². The van der Waals surface area contributed by atoms with Crippen LogP contribution in [0.25, 0.3) is 0 Å². The Morgan fingerprint density at radius 2 is 1.86 bits per heavy atom. The molecule has 1 heterocycles. The van der Waals surface area contributed by atoms with Gasteiger partial charge in [-0.2, -0.15) is 0 Å². The van der Waals surface area contributed by atoms with Gasteiger partial charge in [0.05, 0.1) is 6.42 Å². The van der Waals surface area contributed by atoms with Gasteiger partial charge in [0.1, 0.15) is 5.82 Å². The van der Waals surface area contributed by atoms with Crippen LogP contribution in [0.1, 0.15) is 18.9 Å². The zero-order valence-electron chi connectivity index (χ0n) is 12.5. The Labute approximate surface area is 125 Å². The molecular formula is C16H23FN2O2. The number of benzene rings is 1. The predicted molar refractivity (Wildman–Crippen MR) is 79.8 cm³/mol. The first-order valence-corrected chi connectivity index (χ1v) is 7.51. The Kier molecular flexibility index (Phi) is 5.70.